The van der Waals surface area contributed by atoms with E-state index in [0.717, 1.165) is 0 Å². The Hall–Kier alpha value is -0.380. The van der Waals surface area contributed by atoms with Crippen LogP contribution in [0.5, 0.6) is 0 Å². The number of hydrogen-bond acceptors (Lipinski definition) is 3. The Balaban J connectivity index is 0. The highest BCUT2D eigenvalue weighted by Gasteiger charge is 2.07. The van der Waals surface area contributed by atoms with Crippen LogP contribution in [0, 0.1) is 0 Å². The number of rotatable bonds is 3. The van der Waals surface area contributed by atoms with Crippen molar-refractivity contribution in [2.24, 2.45) is 0 Å². The van der Waals surface area contributed by atoms with Gasteiger partial charge in [0.2, 0.25) is 0 Å². The first kappa shape index (κ1) is 14.2. The van der Waals surface area contributed by atoms with Gasteiger partial charge in [-0.3, -0.25) is 5.32 Å². The summed E-state index contributed by atoms with van der Waals surface area (Å²) < 4.78 is 0. The van der Waals surface area contributed by atoms with Crippen LogP contribution in [0.3, 0.4) is 0 Å². The molecule has 0 atom stereocenters. The second-order valence-corrected chi connectivity index (χ2v) is 3.32. The molecule has 0 amide bonds. The average Bonchev–Trinajstić information content (AvgIpc) is 1.80. The second kappa shape index (κ2) is 7.28. The molecular formula is C9H21NO2. The monoisotopic (exact) mass is 175 g/mol. The van der Waals surface area contributed by atoms with E-state index < -0.39 is 5.72 Å². The Labute approximate surface area is 75.1 Å². The molecular weight excluding hydrogens is 154 g/mol. The van der Waals surface area contributed by atoms with Crippen molar-refractivity contribution in [1.82, 2.24) is 5.32 Å². The van der Waals surface area contributed by atoms with Gasteiger partial charge < -0.3 is 10.2 Å². The first-order valence-electron chi connectivity index (χ1n) is 4.06. The van der Waals surface area contributed by atoms with Gasteiger partial charge in [-0.2, -0.15) is 0 Å². The third-order valence-electron chi connectivity index (χ3n) is 0.679. The van der Waals surface area contributed by atoms with Crippen LogP contribution in [-0.2, 0) is 0 Å². The van der Waals surface area contributed by atoms with E-state index in [2.05, 4.69) is 11.9 Å². The molecule has 0 aromatic rings. The van der Waals surface area contributed by atoms with Crippen LogP contribution in [0.25, 0.3) is 0 Å². The minimum absolute atomic E-state index is 0.167. The molecule has 0 aliphatic carbocycles. The van der Waals surface area contributed by atoms with Crippen LogP contribution in [0.4, 0.5) is 0 Å². The Bertz CT molecular complexity index is 103. The number of nitrogens with one attached hydrogen (secondary N) is 1. The fourth-order valence-corrected chi connectivity index (χ4v) is 0.322. The van der Waals surface area contributed by atoms with Crippen molar-refractivity contribution in [2.45, 2.75) is 39.5 Å². The zero-order valence-corrected chi connectivity index (χ0v) is 8.46. The Morgan fingerprint density at radius 2 is 1.83 bits per heavy atom. The molecule has 0 fully saturated rings. The van der Waals surface area contributed by atoms with Crippen LogP contribution >= 0.6 is 0 Å². The van der Waals surface area contributed by atoms with Crippen LogP contribution in [0.15, 0.2) is 12.7 Å². The van der Waals surface area contributed by atoms with Crippen molar-refractivity contribution < 1.29 is 10.2 Å². The van der Waals surface area contributed by atoms with Gasteiger partial charge in [0.25, 0.3) is 0 Å². The van der Waals surface area contributed by atoms with Gasteiger partial charge in [-0.1, -0.05) is 6.08 Å². The zero-order chi connectivity index (χ0) is 10.2. The molecule has 0 rings (SSSR count). The Kier molecular flexibility index (Phi) is 8.59. The maximum Gasteiger partial charge on any atom is 0.110 e. The van der Waals surface area contributed by atoms with Crippen molar-refractivity contribution in [2.75, 3.05) is 6.54 Å². The summed E-state index contributed by atoms with van der Waals surface area (Å²) in [6.07, 6.45) is 1.54. The van der Waals surface area contributed by atoms with Gasteiger partial charge in [0.15, 0.2) is 0 Å². The lowest BCUT2D eigenvalue weighted by Crippen LogP contribution is -2.38. The number of aliphatic hydroxyl groups is 2. The smallest absolute Gasteiger partial charge is 0.110 e. The SMILES string of the molecule is C=CCNC(C)(C)O.CC(C)O. The minimum atomic E-state index is -0.770. The van der Waals surface area contributed by atoms with E-state index in [4.69, 9.17) is 10.2 Å². The molecule has 0 aromatic carbocycles. The summed E-state index contributed by atoms with van der Waals surface area (Å²) in [5, 5.41) is 19.9. The highest BCUT2D eigenvalue weighted by Crippen LogP contribution is 1.91. The standard InChI is InChI=1S/C6H13NO.C3H8O/c1-4-5-7-6(2,3)8;1-3(2)4/h4,7-8H,1,5H2,2-3H3;3-4H,1-2H3. The first-order chi connectivity index (χ1) is 5.29. The van der Waals surface area contributed by atoms with Crippen molar-refractivity contribution in [3.63, 3.8) is 0 Å². The summed E-state index contributed by atoms with van der Waals surface area (Å²) in [5.41, 5.74) is -0.770. The average molecular weight is 175 g/mol. The molecule has 0 aliphatic heterocycles. The lowest BCUT2D eigenvalue weighted by atomic mass is 10.3. The summed E-state index contributed by atoms with van der Waals surface area (Å²) in [4.78, 5) is 0. The highest BCUT2D eigenvalue weighted by molar-refractivity contribution is 4.73. The molecule has 0 aliphatic rings. The molecule has 0 saturated heterocycles. The molecule has 0 bridgehead atoms. The molecule has 3 nitrogen and oxygen atoms in total. The zero-order valence-electron chi connectivity index (χ0n) is 8.46. The summed E-state index contributed by atoms with van der Waals surface area (Å²) in [6.45, 7) is 11.0. The number of aliphatic hydroxyl groups excluding tert-OH is 1. The maximum absolute atomic E-state index is 8.99. The summed E-state index contributed by atoms with van der Waals surface area (Å²) >= 11 is 0. The molecule has 0 spiro atoms. The lowest BCUT2D eigenvalue weighted by Gasteiger charge is -2.17. The van der Waals surface area contributed by atoms with Crippen molar-refractivity contribution in [3.8, 4) is 0 Å². The topological polar surface area (TPSA) is 52.5 Å². The summed E-state index contributed by atoms with van der Waals surface area (Å²) in [6, 6.07) is 0. The minimum Gasteiger partial charge on any atom is -0.394 e. The molecule has 0 aromatic heterocycles. The summed E-state index contributed by atoms with van der Waals surface area (Å²) in [5.74, 6) is 0. The van der Waals surface area contributed by atoms with Gasteiger partial charge in [-0.05, 0) is 27.7 Å². The van der Waals surface area contributed by atoms with E-state index in [1.165, 1.54) is 0 Å². The van der Waals surface area contributed by atoms with Gasteiger partial charge in [0.1, 0.15) is 5.72 Å². The Morgan fingerprint density at radius 1 is 1.50 bits per heavy atom. The molecule has 0 unspecified atom stereocenters. The third-order valence-corrected chi connectivity index (χ3v) is 0.679. The quantitative estimate of drug-likeness (QED) is 0.441. The van der Waals surface area contributed by atoms with Crippen LogP contribution in [0.2, 0.25) is 0 Å². The van der Waals surface area contributed by atoms with E-state index in [1.54, 1.807) is 33.8 Å². The van der Waals surface area contributed by atoms with E-state index in [1.807, 2.05) is 0 Å². The maximum atomic E-state index is 8.99. The van der Waals surface area contributed by atoms with Crippen LogP contribution in [-0.4, -0.2) is 28.6 Å². The molecule has 12 heavy (non-hydrogen) atoms. The molecule has 3 N–H and O–H groups in total. The molecule has 0 heterocycles. The molecule has 0 radical (unpaired) electrons. The predicted octanol–water partition coefficient (Wildman–Crippen LogP) is 0.877. The fourth-order valence-electron chi connectivity index (χ4n) is 0.322. The van der Waals surface area contributed by atoms with E-state index in [9.17, 15) is 0 Å². The van der Waals surface area contributed by atoms with E-state index in [-0.39, 0.29) is 6.10 Å². The Morgan fingerprint density at radius 3 is 1.92 bits per heavy atom. The van der Waals surface area contributed by atoms with Gasteiger partial charge >= 0.3 is 0 Å². The van der Waals surface area contributed by atoms with E-state index >= 15 is 0 Å². The van der Waals surface area contributed by atoms with Gasteiger partial charge in [0, 0.05) is 12.6 Å². The summed E-state index contributed by atoms with van der Waals surface area (Å²) in [7, 11) is 0. The van der Waals surface area contributed by atoms with Crippen LogP contribution < -0.4 is 5.32 Å². The van der Waals surface area contributed by atoms with Crippen molar-refractivity contribution >= 4 is 0 Å². The van der Waals surface area contributed by atoms with Gasteiger partial charge in [-0.15, -0.1) is 6.58 Å². The van der Waals surface area contributed by atoms with Crippen molar-refractivity contribution in [3.05, 3.63) is 12.7 Å². The lowest BCUT2D eigenvalue weighted by molar-refractivity contribution is 0.0476. The highest BCUT2D eigenvalue weighted by atomic mass is 16.3. The second-order valence-electron chi connectivity index (χ2n) is 3.32. The van der Waals surface area contributed by atoms with Gasteiger partial charge in [-0.25, -0.2) is 0 Å². The first-order valence-corrected chi connectivity index (χ1v) is 4.06. The molecule has 3 heteroatoms. The number of hydrogen-bond donors (Lipinski definition) is 3. The third kappa shape index (κ3) is 33.5. The predicted molar refractivity (Wildman–Crippen MR) is 51.9 cm³/mol. The normalized spacial score (nSPS) is 10.6. The van der Waals surface area contributed by atoms with E-state index in [0.29, 0.717) is 6.54 Å². The van der Waals surface area contributed by atoms with Gasteiger partial charge in [0.05, 0.1) is 0 Å². The van der Waals surface area contributed by atoms with Crippen LogP contribution in [0.1, 0.15) is 27.7 Å². The van der Waals surface area contributed by atoms with Crippen molar-refractivity contribution in [1.29, 1.82) is 0 Å². The molecule has 0 saturated carbocycles. The fraction of sp³-hybridized carbons (Fsp3) is 0.778. The molecule has 74 valence electrons. The largest absolute Gasteiger partial charge is 0.394 e.